The Bertz CT molecular complexity index is 552. The van der Waals surface area contributed by atoms with Crippen molar-refractivity contribution < 1.29 is 9.90 Å². The molecule has 0 aliphatic heterocycles. The van der Waals surface area contributed by atoms with Gasteiger partial charge >= 0.3 is 0 Å². The fraction of sp³-hybridized carbons (Fsp3) is 0.467. The summed E-state index contributed by atoms with van der Waals surface area (Å²) in [6, 6.07) is 4.04. The lowest BCUT2D eigenvalue weighted by Crippen LogP contribution is -2.26. The Morgan fingerprint density at radius 1 is 1.48 bits per heavy atom. The SMILES string of the molecule is CC(CO)CCCNC(=O)Cc1csc(-c2cccs2)n1. The van der Waals surface area contributed by atoms with Crippen LogP contribution in [0.15, 0.2) is 22.9 Å². The minimum Gasteiger partial charge on any atom is -0.396 e. The van der Waals surface area contributed by atoms with Gasteiger partial charge in [0, 0.05) is 18.5 Å². The fourth-order valence-corrected chi connectivity index (χ4v) is 3.53. The Labute approximate surface area is 132 Å². The van der Waals surface area contributed by atoms with Gasteiger partial charge in [-0.2, -0.15) is 0 Å². The van der Waals surface area contributed by atoms with Gasteiger partial charge in [-0.05, 0) is 30.2 Å². The number of amides is 1. The van der Waals surface area contributed by atoms with Gasteiger partial charge in [-0.15, -0.1) is 22.7 Å². The Balaban J connectivity index is 1.73. The smallest absolute Gasteiger partial charge is 0.226 e. The summed E-state index contributed by atoms with van der Waals surface area (Å²) in [6.45, 7) is 2.87. The minimum absolute atomic E-state index is 0.00896. The van der Waals surface area contributed by atoms with Crippen LogP contribution in [-0.2, 0) is 11.2 Å². The quantitative estimate of drug-likeness (QED) is 0.734. The van der Waals surface area contributed by atoms with Crippen molar-refractivity contribution in [3.05, 3.63) is 28.6 Å². The maximum absolute atomic E-state index is 11.8. The van der Waals surface area contributed by atoms with E-state index in [1.807, 2.05) is 29.8 Å². The summed E-state index contributed by atoms with van der Waals surface area (Å²) in [4.78, 5) is 17.5. The first-order valence-corrected chi connectivity index (χ1v) is 8.81. The van der Waals surface area contributed by atoms with Crippen molar-refractivity contribution >= 4 is 28.6 Å². The topological polar surface area (TPSA) is 62.2 Å². The number of carbonyl (C=O) groups is 1. The average Bonchev–Trinajstić information content (AvgIpc) is 3.13. The summed E-state index contributed by atoms with van der Waals surface area (Å²) in [5.41, 5.74) is 0.824. The molecule has 0 bridgehead atoms. The fourth-order valence-electron chi connectivity index (χ4n) is 1.90. The van der Waals surface area contributed by atoms with Gasteiger partial charge in [-0.25, -0.2) is 4.98 Å². The van der Waals surface area contributed by atoms with Crippen LogP contribution in [0.3, 0.4) is 0 Å². The van der Waals surface area contributed by atoms with Gasteiger partial charge in [0.25, 0.3) is 0 Å². The second-order valence-corrected chi connectivity index (χ2v) is 6.88. The molecular formula is C15H20N2O2S2. The largest absolute Gasteiger partial charge is 0.396 e. The van der Waals surface area contributed by atoms with E-state index in [9.17, 15) is 4.79 Å². The van der Waals surface area contributed by atoms with E-state index in [4.69, 9.17) is 5.11 Å². The van der Waals surface area contributed by atoms with E-state index >= 15 is 0 Å². The molecule has 0 aliphatic carbocycles. The lowest BCUT2D eigenvalue weighted by molar-refractivity contribution is -0.120. The highest BCUT2D eigenvalue weighted by atomic mass is 32.1. The van der Waals surface area contributed by atoms with Crippen LogP contribution < -0.4 is 5.32 Å². The number of aliphatic hydroxyl groups is 1. The number of hydrogen-bond acceptors (Lipinski definition) is 5. The van der Waals surface area contributed by atoms with Crippen molar-refractivity contribution in [2.75, 3.05) is 13.2 Å². The second-order valence-electron chi connectivity index (χ2n) is 5.08. The van der Waals surface area contributed by atoms with E-state index in [-0.39, 0.29) is 12.5 Å². The van der Waals surface area contributed by atoms with Crippen molar-refractivity contribution in [2.24, 2.45) is 5.92 Å². The van der Waals surface area contributed by atoms with Crippen molar-refractivity contribution in [3.8, 4) is 9.88 Å². The maximum Gasteiger partial charge on any atom is 0.226 e. The molecule has 0 aromatic carbocycles. The molecule has 6 heteroatoms. The van der Waals surface area contributed by atoms with Crippen LogP contribution in [0.1, 0.15) is 25.5 Å². The van der Waals surface area contributed by atoms with Gasteiger partial charge in [-0.3, -0.25) is 4.79 Å². The number of thiazole rings is 1. The third kappa shape index (κ3) is 5.22. The molecule has 2 aromatic rings. The van der Waals surface area contributed by atoms with E-state index in [1.165, 1.54) is 0 Å². The summed E-state index contributed by atoms with van der Waals surface area (Å²) < 4.78 is 0. The lowest BCUT2D eigenvalue weighted by atomic mass is 10.1. The molecule has 114 valence electrons. The van der Waals surface area contributed by atoms with Crippen molar-refractivity contribution in [2.45, 2.75) is 26.2 Å². The number of nitrogens with zero attached hydrogens (tertiary/aromatic N) is 1. The van der Waals surface area contributed by atoms with Crippen molar-refractivity contribution in [3.63, 3.8) is 0 Å². The van der Waals surface area contributed by atoms with Gasteiger partial charge in [0.1, 0.15) is 5.01 Å². The number of aromatic nitrogens is 1. The Hall–Kier alpha value is -1.24. The van der Waals surface area contributed by atoms with Crippen LogP contribution >= 0.6 is 22.7 Å². The minimum atomic E-state index is 0.00896. The molecule has 1 atom stereocenters. The summed E-state index contributed by atoms with van der Waals surface area (Å²) in [5.74, 6) is 0.309. The zero-order valence-corrected chi connectivity index (χ0v) is 13.7. The number of thiophene rings is 1. The highest BCUT2D eigenvalue weighted by molar-refractivity contribution is 7.20. The predicted octanol–water partition coefficient (Wildman–Crippen LogP) is 2.94. The van der Waals surface area contributed by atoms with Crippen LogP contribution in [-0.4, -0.2) is 29.1 Å². The van der Waals surface area contributed by atoms with E-state index in [1.54, 1.807) is 22.7 Å². The maximum atomic E-state index is 11.8. The number of rotatable bonds is 8. The van der Waals surface area contributed by atoms with E-state index in [0.717, 1.165) is 28.4 Å². The molecule has 0 radical (unpaired) electrons. The standard InChI is InChI=1S/C15H20N2O2S2/c1-11(9-18)4-2-6-16-14(19)8-12-10-21-15(17-12)13-5-3-7-20-13/h3,5,7,10-11,18H,2,4,6,8-9H2,1H3,(H,16,19). The molecule has 2 heterocycles. The lowest BCUT2D eigenvalue weighted by Gasteiger charge is -2.07. The highest BCUT2D eigenvalue weighted by Gasteiger charge is 2.09. The number of aliphatic hydroxyl groups excluding tert-OH is 1. The molecule has 2 N–H and O–H groups in total. The first-order chi connectivity index (χ1) is 10.2. The first kappa shape index (κ1) is 16.1. The molecule has 21 heavy (non-hydrogen) atoms. The Kier molecular flexibility index (Phi) is 6.35. The predicted molar refractivity (Wildman–Crippen MR) is 87.6 cm³/mol. The molecule has 0 saturated heterocycles. The summed E-state index contributed by atoms with van der Waals surface area (Å²) in [7, 11) is 0. The van der Waals surface area contributed by atoms with E-state index in [0.29, 0.717) is 18.9 Å². The molecule has 2 aromatic heterocycles. The molecule has 0 saturated carbocycles. The van der Waals surface area contributed by atoms with Crippen molar-refractivity contribution in [1.82, 2.24) is 10.3 Å². The second kappa shape index (κ2) is 8.26. The van der Waals surface area contributed by atoms with Gasteiger partial charge in [0.05, 0.1) is 17.0 Å². The molecule has 1 unspecified atom stereocenters. The molecule has 2 rings (SSSR count). The molecule has 4 nitrogen and oxygen atoms in total. The molecule has 1 amide bonds. The summed E-state index contributed by atoms with van der Waals surface area (Å²) in [5, 5.41) is 16.8. The molecule has 0 spiro atoms. The normalized spacial score (nSPS) is 12.3. The number of nitrogens with one attached hydrogen (secondary N) is 1. The van der Waals surface area contributed by atoms with Gasteiger partial charge in [-0.1, -0.05) is 13.0 Å². The first-order valence-electron chi connectivity index (χ1n) is 7.05. The third-order valence-corrected chi connectivity index (χ3v) is 5.06. The Morgan fingerprint density at radius 2 is 2.33 bits per heavy atom. The van der Waals surface area contributed by atoms with E-state index < -0.39 is 0 Å². The van der Waals surface area contributed by atoms with Crippen LogP contribution in [0.25, 0.3) is 9.88 Å². The zero-order chi connectivity index (χ0) is 15.1. The summed E-state index contributed by atoms with van der Waals surface area (Å²) >= 11 is 3.23. The van der Waals surface area contributed by atoms with Crippen LogP contribution in [0.5, 0.6) is 0 Å². The third-order valence-electron chi connectivity index (χ3n) is 3.13. The van der Waals surface area contributed by atoms with Crippen LogP contribution in [0.4, 0.5) is 0 Å². The molecule has 0 aliphatic rings. The molecular weight excluding hydrogens is 304 g/mol. The van der Waals surface area contributed by atoms with Crippen LogP contribution in [0.2, 0.25) is 0 Å². The average molecular weight is 324 g/mol. The number of carbonyl (C=O) groups excluding carboxylic acids is 1. The van der Waals surface area contributed by atoms with E-state index in [2.05, 4.69) is 10.3 Å². The van der Waals surface area contributed by atoms with Crippen molar-refractivity contribution in [1.29, 1.82) is 0 Å². The zero-order valence-electron chi connectivity index (χ0n) is 12.0. The Morgan fingerprint density at radius 3 is 3.05 bits per heavy atom. The van der Waals surface area contributed by atoms with Crippen LogP contribution in [0, 0.1) is 5.92 Å². The number of hydrogen-bond donors (Lipinski definition) is 2. The highest BCUT2D eigenvalue weighted by Crippen LogP contribution is 2.27. The van der Waals surface area contributed by atoms with Gasteiger partial charge < -0.3 is 10.4 Å². The molecule has 0 fully saturated rings. The van der Waals surface area contributed by atoms with Gasteiger partial charge in [0.2, 0.25) is 5.91 Å². The summed E-state index contributed by atoms with van der Waals surface area (Å²) in [6.07, 6.45) is 2.15. The monoisotopic (exact) mass is 324 g/mol. The van der Waals surface area contributed by atoms with Gasteiger partial charge in [0.15, 0.2) is 0 Å².